The van der Waals surface area contributed by atoms with Gasteiger partial charge in [0.15, 0.2) is 5.65 Å². The summed E-state index contributed by atoms with van der Waals surface area (Å²) < 4.78 is 42.1. The Kier molecular flexibility index (Phi) is 4.48. The molecule has 0 aromatic carbocycles. The van der Waals surface area contributed by atoms with Gasteiger partial charge in [0, 0.05) is 12.0 Å². The van der Waals surface area contributed by atoms with Crippen molar-refractivity contribution in [3.05, 3.63) is 18.1 Å². The predicted octanol–water partition coefficient (Wildman–Crippen LogP) is 0.592. The van der Waals surface area contributed by atoms with Crippen molar-refractivity contribution >= 4 is 19.6 Å². The fraction of sp³-hybridized carbons (Fsp3) is 0.444. The maximum atomic E-state index is 12.8. The van der Waals surface area contributed by atoms with E-state index < -0.39 is 26.9 Å². The smallest absolute Gasteiger partial charge is 0.368 e. The molecule has 2 heterocycles. The summed E-state index contributed by atoms with van der Waals surface area (Å²) in [6.45, 7) is 0. The molecule has 2 atom stereocenters. The number of nitrogens with two attached hydrogens (primary N) is 1. The third kappa shape index (κ3) is 3.21. The van der Waals surface area contributed by atoms with Crippen LogP contribution in [-0.4, -0.2) is 43.4 Å². The van der Waals surface area contributed by atoms with Gasteiger partial charge in [-0.3, -0.25) is 0 Å². The Labute approximate surface area is 112 Å². The molecule has 0 fully saturated rings. The molecule has 0 saturated carbocycles. The van der Waals surface area contributed by atoms with Crippen molar-refractivity contribution in [3.63, 3.8) is 0 Å². The van der Waals surface area contributed by atoms with Crippen LogP contribution in [0.4, 0.5) is 14.7 Å². The van der Waals surface area contributed by atoms with Crippen LogP contribution in [0.1, 0.15) is 5.56 Å². The van der Waals surface area contributed by atoms with Gasteiger partial charge in [0.2, 0.25) is 5.95 Å². The first-order chi connectivity index (χ1) is 9.49. The highest BCUT2D eigenvalue weighted by molar-refractivity contribution is 7.37. The molecule has 2 aromatic heterocycles. The minimum atomic E-state index is -2.81. The Morgan fingerprint density at radius 2 is 2.25 bits per heavy atom. The SMILES string of the molecule is Nc1ncnc2c(C[C@@H](OC[P+](=O)O)C(F)F)cnn12. The number of aromatic nitrogens is 4. The molecule has 0 aliphatic heterocycles. The Morgan fingerprint density at radius 3 is 2.90 bits per heavy atom. The summed E-state index contributed by atoms with van der Waals surface area (Å²) in [6, 6.07) is 0. The zero-order chi connectivity index (χ0) is 14.7. The lowest BCUT2D eigenvalue weighted by atomic mass is 10.1. The Bertz CT molecular complexity index is 623. The van der Waals surface area contributed by atoms with Crippen LogP contribution < -0.4 is 5.73 Å². The van der Waals surface area contributed by atoms with Crippen LogP contribution in [0, 0.1) is 0 Å². The second kappa shape index (κ2) is 6.12. The van der Waals surface area contributed by atoms with E-state index in [1.165, 1.54) is 17.0 Å². The average Bonchev–Trinajstić information content (AvgIpc) is 2.78. The van der Waals surface area contributed by atoms with Crippen LogP contribution in [0.5, 0.6) is 0 Å². The molecule has 0 aliphatic carbocycles. The molecule has 108 valence electrons. The molecule has 2 rings (SSSR count). The zero-order valence-electron chi connectivity index (χ0n) is 10.1. The highest BCUT2D eigenvalue weighted by Gasteiger charge is 2.27. The average molecular weight is 306 g/mol. The Morgan fingerprint density at radius 1 is 1.50 bits per heavy atom. The van der Waals surface area contributed by atoms with Gasteiger partial charge in [-0.1, -0.05) is 0 Å². The van der Waals surface area contributed by atoms with Crippen LogP contribution >= 0.6 is 8.03 Å². The van der Waals surface area contributed by atoms with Gasteiger partial charge in [0.25, 0.3) is 12.8 Å². The van der Waals surface area contributed by atoms with Crippen molar-refractivity contribution in [1.29, 1.82) is 0 Å². The standard InChI is InChI=1S/C9H10F2N5O3P/c10-7(11)6(19-4-20(17)18)1-5-2-15-16-8(5)13-3-14-9(16)12/h2-3,6-7H,1,4H2,(H2-,12,13,14,17,18)/p+1/t6-/m1/s1. The van der Waals surface area contributed by atoms with Crippen molar-refractivity contribution < 1.29 is 23.0 Å². The van der Waals surface area contributed by atoms with Crippen LogP contribution in [-0.2, 0) is 15.7 Å². The van der Waals surface area contributed by atoms with Crippen LogP contribution in [0.25, 0.3) is 5.65 Å². The van der Waals surface area contributed by atoms with Gasteiger partial charge in [-0.05, 0) is 4.57 Å². The van der Waals surface area contributed by atoms with E-state index in [0.29, 0.717) is 11.2 Å². The summed E-state index contributed by atoms with van der Waals surface area (Å²) in [5.41, 5.74) is 6.24. The topological polar surface area (TPSA) is 116 Å². The lowest BCUT2D eigenvalue weighted by Crippen LogP contribution is -2.24. The second-order valence-corrected chi connectivity index (χ2v) is 4.82. The van der Waals surface area contributed by atoms with E-state index >= 15 is 0 Å². The summed E-state index contributed by atoms with van der Waals surface area (Å²) in [5.74, 6) is 0.0780. The third-order valence-electron chi connectivity index (χ3n) is 2.51. The fourth-order valence-corrected chi connectivity index (χ4v) is 1.94. The highest BCUT2D eigenvalue weighted by atomic mass is 31.1. The van der Waals surface area contributed by atoms with Gasteiger partial charge in [-0.15, -0.1) is 0 Å². The van der Waals surface area contributed by atoms with E-state index in [1.54, 1.807) is 0 Å². The molecule has 11 heteroatoms. The quantitative estimate of drug-likeness (QED) is 0.750. The molecule has 0 radical (unpaired) electrons. The monoisotopic (exact) mass is 306 g/mol. The number of hydrogen-bond donors (Lipinski definition) is 2. The van der Waals surface area contributed by atoms with Crippen molar-refractivity contribution in [1.82, 2.24) is 19.6 Å². The van der Waals surface area contributed by atoms with E-state index in [9.17, 15) is 13.3 Å². The van der Waals surface area contributed by atoms with Crippen molar-refractivity contribution in [2.45, 2.75) is 19.0 Å². The minimum absolute atomic E-state index is 0.0780. The van der Waals surface area contributed by atoms with Crippen LogP contribution in [0.2, 0.25) is 0 Å². The zero-order valence-corrected chi connectivity index (χ0v) is 11.0. The molecule has 8 nitrogen and oxygen atoms in total. The van der Waals surface area contributed by atoms with Gasteiger partial charge < -0.3 is 10.5 Å². The van der Waals surface area contributed by atoms with Gasteiger partial charge in [-0.2, -0.15) is 14.5 Å². The molecule has 1 unspecified atom stereocenters. The summed E-state index contributed by atoms with van der Waals surface area (Å²) in [7, 11) is -2.63. The number of rotatable bonds is 6. The molecule has 0 spiro atoms. The number of nitrogen functional groups attached to an aromatic ring is 1. The van der Waals surface area contributed by atoms with E-state index in [0.717, 1.165) is 0 Å². The van der Waals surface area contributed by atoms with Crippen molar-refractivity contribution in [3.8, 4) is 0 Å². The largest absolute Gasteiger partial charge is 0.534 e. The summed E-state index contributed by atoms with van der Waals surface area (Å²) in [4.78, 5) is 16.2. The number of nitrogens with zero attached hydrogens (tertiary/aromatic N) is 4. The van der Waals surface area contributed by atoms with E-state index in [1.807, 2.05) is 0 Å². The summed E-state index contributed by atoms with van der Waals surface area (Å²) in [6.07, 6.45) is -2.66. The highest BCUT2D eigenvalue weighted by Crippen LogP contribution is 2.21. The Hall–Kier alpha value is -1.77. The lowest BCUT2D eigenvalue weighted by Gasteiger charge is -2.12. The summed E-state index contributed by atoms with van der Waals surface area (Å²) >= 11 is 0. The van der Waals surface area contributed by atoms with Crippen molar-refractivity contribution in [2.75, 3.05) is 12.1 Å². The number of fused-ring (bicyclic) bond motifs is 1. The first kappa shape index (κ1) is 14.6. The normalized spacial score (nSPS) is 13.9. The van der Waals surface area contributed by atoms with Crippen LogP contribution in [0.3, 0.4) is 0 Å². The van der Waals surface area contributed by atoms with E-state index in [2.05, 4.69) is 15.1 Å². The number of halogens is 2. The van der Waals surface area contributed by atoms with Gasteiger partial charge in [0.05, 0.1) is 6.20 Å². The number of anilines is 1. The van der Waals surface area contributed by atoms with Gasteiger partial charge >= 0.3 is 8.03 Å². The number of alkyl halides is 2. The number of ether oxygens (including phenoxy) is 1. The molecule has 0 aliphatic rings. The molecular formula is C9H11F2N5O3P+. The first-order valence-electron chi connectivity index (χ1n) is 5.45. The predicted molar refractivity (Wildman–Crippen MR) is 64.5 cm³/mol. The van der Waals surface area contributed by atoms with Gasteiger partial charge in [-0.25, -0.2) is 18.7 Å². The van der Waals surface area contributed by atoms with Crippen molar-refractivity contribution in [2.24, 2.45) is 0 Å². The molecule has 20 heavy (non-hydrogen) atoms. The maximum Gasteiger partial charge on any atom is 0.534 e. The van der Waals surface area contributed by atoms with E-state index in [4.69, 9.17) is 15.4 Å². The van der Waals surface area contributed by atoms with Crippen LogP contribution in [0.15, 0.2) is 12.5 Å². The molecule has 3 N–H and O–H groups in total. The van der Waals surface area contributed by atoms with Gasteiger partial charge in [0.1, 0.15) is 12.4 Å². The second-order valence-electron chi connectivity index (χ2n) is 3.86. The molecule has 2 aromatic rings. The number of hydrogen-bond acceptors (Lipinski definition) is 6. The maximum absolute atomic E-state index is 12.8. The molecule has 0 amide bonds. The lowest BCUT2D eigenvalue weighted by molar-refractivity contribution is -0.0399. The first-order valence-corrected chi connectivity index (χ1v) is 6.85. The molecule has 0 bridgehead atoms. The third-order valence-corrected chi connectivity index (χ3v) is 2.88. The fourth-order valence-electron chi connectivity index (χ4n) is 1.62. The van der Waals surface area contributed by atoms with E-state index in [-0.39, 0.29) is 12.4 Å². The molecular weight excluding hydrogens is 295 g/mol. The summed E-state index contributed by atoms with van der Waals surface area (Å²) in [5, 5.41) is 3.88. The molecule has 0 saturated heterocycles. The minimum Gasteiger partial charge on any atom is -0.368 e. The Balaban J connectivity index is 2.20.